The van der Waals surface area contributed by atoms with Gasteiger partial charge in [-0.05, 0) is 38.8 Å². The third kappa shape index (κ3) is 8.21. The van der Waals surface area contributed by atoms with Crippen LogP contribution in [-0.4, -0.2) is 30.1 Å². The Bertz CT molecular complexity index is 203. The Kier molecular flexibility index (Phi) is 13.5. The van der Waals surface area contributed by atoms with Gasteiger partial charge in [0.2, 0.25) is 0 Å². The Morgan fingerprint density at radius 3 is 1.62 bits per heavy atom. The highest BCUT2D eigenvalue weighted by Crippen LogP contribution is 2.24. The van der Waals surface area contributed by atoms with Gasteiger partial charge in [0.15, 0.2) is 0 Å². The monoisotopic (exact) mass is 298 g/mol. The lowest BCUT2D eigenvalue weighted by Gasteiger charge is -2.42. The third-order valence-corrected chi connectivity index (χ3v) is 5.14. The lowest BCUT2D eigenvalue weighted by molar-refractivity contribution is 0.0824. The summed E-state index contributed by atoms with van der Waals surface area (Å²) >= 11 is 0. The molecule has 0 spiro atoms. The van der Waals surface area contributed by atoms with Crippen molar-refractivity contribution in [2.45, 2.75) is 104 Å². The average molecular weight is 299 g/mol. The highest BCUT2D eigenvalue weighted by atomic mass is 15.2. The zero-order valence-electron chi connectivity index (χ0n) is 15.4. The van der Waals surface area contributed by atoms with Gasteiger partial charge in [0.1, 0.15) is 0 Å². The molecule has 0 unspecified atom stereocenters. The van der Waals surface area contributed by atoms with Crippen LogP contribution in [0, 0.1) is 0 Å². The first-order valence-electron chi connectivity index (χ1n) is 9.65. The van der Waals surface area contributed by atoms with Crippen LogP contribution in [-0.2, 0) is 0 Å². The zero-order valence-corrected chi connectivity index (χ0v) is 15.4. The molecule has 0 radical (unpaired) electrons. The summed E-state index contributed by atoms with van der Waals surface area (Å²) in [7, 11) is 0. The predicted octanol–water partition coefficient (Wildman–Crippen LogP) is 5.36. The molecule has 0 saturated heterocycles. The number of nitrogens with two attached hydrogens (primary N) is 1. The molecule has 0 amide bonds. The van der Waals surface area contributed by atoms with Crippen LogP contribution in [0.1, 0.15) is 98.3 Å². The Labute approximate surface area is 134 Å². The minimum Gasteiger partial charge on any atom is -0.329 e. The standard InChI is InChI=1S/C19H42N2/c1-5-9-10-11-12-13-14-15-17-21(16-6-2)19(7-3,8-4)18-20/h5-18,20H2,1-4H3. The minimum absolute atomic E-state index is 0.247. The SMILES string of the molecule is CCCCCCCCCCN(CCC)C(CC)(CC)CN. The fraction of sp³-hybridized carbons (Fsp3) is 1.00. The van der Waals surface area contributed by atoms with Gasteiger partial charge in [-0.3, -0.25) is 4.90 Å². The van der Waals surface area contributed by atoms with Crippen LogP contribution in [0.15, 0.2) is 0 Å². The van der Waals surface area contributed by atoms with Gasteiger partial charge < -0.3 is 5.73 Å². The number of nitrogens with zero attached hydrogens (tertiary/aromatic N) is 1. The number of hydrogen-bond acceptors (Lipinski definition) is 2. The summed E-state index contributed by atoms with van der Waals surface area (Å²) in [6, 6.07) is 0. The van der Waals surface area contributed by atoms with Gasteiger partial charge in [-0.25, -0.2) is 0 Å². The molecule has 0 aromatic carbocycles. The molecular formula is C19H42N2. The van der Waals surface area contributed by atoms with Crippen molar-refractivity contribution in [2.75, 3.05) is 19.6 Å². The van der Waals surface area contributed by atoms with E-state index < -0.39 is 0 Å². The van der Waals surface area contributed by atoms with E-state index in [1.165, 1.54) is 83.7 Å². The second kappa shape index (κ2) is 13.6. The normalized spacial score (nSPS) is 12.3. The van der Waals surface area contributed by atoms with Crippen LogP contribution in [0.2, 0.25) is 0 Å². The molecule has 0 bridgehead atoms. The lowest BCUT2D eigenvalue weighted by Crippen LogP contribution is -2.53. The Balaban J connectivity index is 3.99. The molecule has 0 heterocycles. The van der Waals surface area contributed by atoms with Crippen LogP contribution in [0.5, 0.6) is 0 Å². The first-order valence-corrected chi connectivity index (χ1v) is 9.65. The van der Waals surface area contributed by atoms with E-state index in [0.717, 1.165) is 6.54 Å². The Morgan fingerprint density at radius 1 is 0.667 bits per heavy atom. The van der Waals surface area contributed by atoms with Crippen LogP contribution in [0.3, 0.4) is 0 Å². The summed E-state index contributed by atoms with van der Waals surface area (Å²) in [5.41, 5.74) is 6.36. The first-order chi connectivity index (χ1) is 10.2. The summed E-state index contributed by atoms with van der Waals surface area (Å²) in [6.07, 6.45) is 14.8. The summed E-state index contributed by atoms with van der Waals surface area (Å²) in [5.74, 6) is 0. The lowest BCUT2D eigenvalue weighted by atomic mass is 9.90. The summed E-state index contributed by atoms with van der Waals surface area (Å²) in [5, 5.41) is 0. The molecule has 0 atom stereocenters. The van der Waals surface area contributed by atoms with E-state index in [4.69, 9.17) is 5.73 Å². The van der Waals surface area contributed by atoms with E-state index in [9.17, 15) is 0 Å². The van der Waals surface area contributed by atoms with Crippen molar-refractivity contribution < 1.29 is 0 Å². The highest BCUT2D eigenvalue weighted by molar-refractivity contribution is 4.89. The van der Waals surface area contributed by atoms with Gasteiger partial charge in [0.05, 0.1) is 0 Å². The molecule has 0 aromatic rings. The van der Waals surface area contributed by atoms with Crippen molar-refractivity contribution in [3.05, 3.63) is 0 Å². The second-order valence-electron chi connectivity index (χ2n) is 6.60. The van der Waals surface area contributed by atoms with Gasteiger partial charge >= 0.3 is 0 Å². The molecule has 0 aliphatic heterocycles. The maximum absolute atomic E-state index is 6.12. The van der Waals surface area contributed by atoms with Crippen LogP contribution in [0.25, 0.3) is 0 Å². The summed E-state index contributed by atoms with van der Waals surface area (Å²) in [6.45, 7) is 12.4. The topological polar surface area (TPSA) is 29.3 Å². The molecule has 2 N–H and O–H groups in total. The molecule has 0 saturated carbocycles. The predicted molar refractivity (Wildman–Crippen MR) is 96.8 cm³/mol. The van der Waals surface area contributed by atoms with Gasteiger partial charge in [0, 0.05) is 12.1 Å². The average Bonchev–Trinajstić information content (AvgIpc) is 2.52. The molecule has 0 rings (SSSR count). The van der Waals surface area contributed by atoms with Crippen molar-refractivity contribution in [1.82, 2.24) is 4.90 Å². The quantitative estimate of drug-likeness (QED) is 0.413. The number of unbranched alkanes of at least 4 members (excludes halogenated alkanes) is 7. The smallest absolute Gasteiger partial charge is 0.0326 e. The molecule has 21 heavy (non-hydrogen) atoms. The van der Waals surface area contributed by atoms with E-state index in [1.807, 2.05) is 0 Å². The number of hydrogen-bond donors (Lipinski definition) is 1. The van der Waals surface area contributed by atoms with Crippen LogP contribution in [0.4, 0.5) is 0 Å². The second-order valence-corrected chi connectivity index (χ2v) is 6.60. The summed E-state index contributed by atoms with van der Waals surface area (Å²) < 4.78 is 0. The van der Waals surface area contributed by atoms with Gasteiger partial charge in [-0.2, -0.15) is 0 Å². The van der Waals surface area contributed by atoms with E-state index in [-0.39, 0.29) is 5.54 Å². The largest absolute Gasteiger partial charge is 0.329 e. The van der Waals surface area contributed by atoms with Crippen molar-refractivity contribution in [3.63, 3.8) is 0 Å². The minimum atomic E-state index is 0.247. The van der Waals surface area contributed by atoms with E-state index >= 15 is 0 Å². The maximum Gasteiger partial charge on any atom is 0.0326 e. The maximum atomic E-state index is 6.12. The van der Waals surface area contributed by atoms with E-state index in [1.54, 1.807) is 0 Å². The van der Waals surface area contributed by atoms with Crippen molar-refractivity contribution in [3.8, 4) is 0 Å². The molecule has 0 fully saturated rings. The Morgan fingerprint density at radius 2 is 1.19 bits per heavy atom. The fourth-order valence-corrected chi connectivity index (χ4v) is 3.41. The van der Waals surface area contributed by atoms with Crippen molar-refractivity contribution >= 4 is 0 Å². The zero-order chi connectivity index (χ0) is 16.0. The molecule has 0 aliphatic carbocycles. The van der Waals surface area contributed by atoms with E-state index in [2.05, 4.69) is 32.6 Å². The fourth-order valence-electron chi connectivity index (χ4n) is 3.41. The third-order valence-electron chi connectivity index (χ3n) is 5.14. The van der Waals surface area contributed by atoms with Crippen molar-refractivity contribution in [2.24, 2.45) is 5.73 Å². The van der Waals surface area contributed by atoms with Gasteiger partial charge in [-0.1, -0.05) is 72.6 Å². The molecule has 0 aliphatic rings. The van der Waals surface area contributed by atoms with Crippen LogP contribution >= 0.6 is 0 Å². The molecule has 2 heteroatoms. The molecule has 128 valence electrons. The van der Waals surface area contributed by atoms with Crippen molar-refractivity contribution in [1.29, 1.82) is 0 Å². The van der Waals surface area contributed by atoms with Gasteiger partial charge in [-0.15, -0.1) is 0 Å². The summed E-state index contributed by atoms with van der Waals surface area (Å²) in [4.78, 5) is 2.68. The highest BCUT2D eigenvalue weighted by Gasteiger charge is 2.30. The Hall–Kier alpha value is -0.0800. The molecule has 0 aromatic heterocycles. The van der Waals surface area contributed by atoms with Gasteiger partial charge in [0.25, 0.3) is 0 Å². The van der Waals surface area contributed by atoms with E-state index in [0.29, 0.717) is 0 Å². The van der Waals surface area contributed by atoms with Crippen LogP contribution < -0.4 is 5.73 Å². The molecule has 2 nitrogen and oxygen atoms in total. The number of rotatable bonds is 15. The molecular weight excluding hydrogens is 256 g/mol. The first kappa shape index (κ1) is 20.9.